The summed E-state index contributed by atoms with van der Waals surface area (Å²) < 4.78 is 5.34. The Labute approximate surface area is 107 Å². The van der Waals surface area contributed by atoms with Crippen LogP contribution in [-0.4, -0.2) is 31.8 Å². The van der Waals surface area contributed by atoms with Gasteiger partial charge in [0.25, 0.3) is 0 Å². The van der Waals surface area contributed by atoms with E-state index in [1.54, 1.807) is 0 Å². The Balaban J connectivity index is 2.16. The number of hydrogen-bond donors (Lipinski definition) is 1. The summed E-state index contributed by atoms with van der Waals surface area (Å²) in [6.07, 6.45) is 0. The average molecular weight is 245 g/mol. The number of rotatable bonds is 5. The number of likely N-dealkylation sites (N-methyl/N-ethyl adjacent to an activating group) is 1. The Bertz CT molecular complexity index is 527. The minimum absolute atomic E-state index is 0.717. The zero-order chi connectivity index (χ0) is 13.0. The van der Waals surface area contributed by atoms with E-state index >= 15 is 0 Å². The number of benzene rings is 1. The van der Waals surface area contributed by atoms with Crippen molar-refractivity contribution in [1.82, 2.24) is 4.98 Å². The smallest absolute Gasteiger partial charge is 0.129 e. The SMILES string of the molecule is CCOCCN(C)c1ccc2cc(N)ccc2n1. The van der Waals surface area contributed by atoms with Gasteiger partial charge in [-0.2, -0.15) is 0 Å². The molecule has 96 valence electrons. The van der Waals surface area contributed by atoms with E-state index in [4.69, 9.17) is 10.5 Å². The molecule has 0 unspecified atom stereocenters. The van der Waals surface area contributed by atoms with Crippen LogP contribution in [0.4, 0.5) is 11.5 Å². The number of fused-ring (bicyclic) bond motifs is 1. The van der Waals surface area contributed by atoms with Crippen LogP contribution < -0.4 is 10.6 Å². The highest BCUT2D eigenvalue weighted by Crippen LogP contribution is 2.19. The molecule has 1 aromatic heterocycles. The summed E-state index contributed by atoms with van der Waals surface area (Å²) in [7, 11) is 2.02. The maximum atomic E-state index is 5.75. The third-order valence-corrected chi connectivity index (χ3v) is 2.86. The lowest BCUT2D eigenvalue weighted by Crippen LogP contribution is -2.23. The Morgan fingerprint density at radius 3 is 2.89 bits per heavy atom. The van der Waals surface area contributed by atoms with Crippen LogP contribution in [-0.2, 0) is 4.74 Å². The van der Waals surface area contributed by atoms with Crippen molar-refractivity contribution in [2.75, 3.05) is 37.4 Å². The zero-order valence-corrected chi connectivity index (χ0v) is 10.9. The second-order valence-electron chi connectivity index (χ2n) is 4.24. The molecule has 4 heteroatoms. The molecule has 0 aliphatic carbocycles. The molecular formula is C14H19N3O. The van der Waals surface area contributed by atoms with Gasteiger partial charge < -0.3 is 15.4 Å². The lowest BCUT2D eigenvalue weighted by molar-refractivity contribution is 0.154. The lowest BCUT2D eigenvalue weighted by atomic mass is 10.2. The minimum Gasteiger partial charge on any atom is -0.399 e. The van der Waals surface area contributed by atoms with Crippen molar-refractivity contribution in [3.05, 3.63) is 30.3 Å². The van der Waals surface area contributed by atoms with E-state index < -0.39 is 0 Å². The minimum atomic E-state index is 0.717. The van der Waals surface area contributed by atoms with Gasteiger partial charge in [-0.25, -0.2) is 4.98 Å². The molecule has 0 fully saturated rings. The molecular weight excluding hydrogens is 226 g/mol. The highest BCUT2D eigenvalue weighted by molar-refractivity contribution is 5.83. The zero-order valence-electron chi connectivity index (χ0n) is 10.9. The quantitative estimate of drug-likeness (QED) is 0.648. The molecule has 0 amide bonds. The number of pyridine rings is 1. The standard InChI is InChI=1S/C14H19N3O/c1-3-18-9-8-17(2)14-7-4-11-10-12(15)5-6-13(11)16-14/h4-7,10H,3,8-9,15H2,1-2H3. The molecule has 18 heavy (non-hydrogen) atoms. The number of hydrogen-bond acceptors (Lipinski definition) is 4. The van der Waals surface area contributed by atoms with Crippen molar-refractivity contribution < 1.29 is 4.74 Å². The first-order chi connectivity index (χ1) is 8.70. The van der Waals surface area contributed by atoms with E-state index in [1.807, 2.05) is 44.3 Å². The number of nitrogen functional groups attached to an aromatic ring is 1. The summed E-state index contributed by atoms with van der Waals surface area (Å²) >= 11 is 0. The van der Waals surface area contributed by atoms with Crippen LogP contribution in [0.5, 0.6) is 0 Å². The van der Waals surface area contributed by atoms with Crippen LogP contribution in [0.2, 0.25) is 0 Å². The van der Waals surface area contributed by atoms with Gasteiger partial charge in [-0.1, -0.05) is 0 Å². The molecule has 0 aliphatic rings. The van der Waals surface area contributed by atoms with E-state index in [9.17, 15) is 0 Å². The number of aromatic nitrogens is 1. The molecule has 4 nitrogen and oxygen atoms in total. The predicted molar refractivity (Wildman–Crippen MR) is 75.9 cm³/mol. The Morgan fingerprint density at radius 1 is 1.28 bits per heavy atom. The van der Waals surface area contributed by atoms with Crippen molar-refractivity contribution in [2.24, 2.45) is 0 Å². The Morgan fingerprint density at radius 2 is 2.11 bits per heavy atom. The monoisotopic (exact) mass is 245 g/mol. The number of nitrogens with two attached hydrogens (primary N) is 1. The molecule has 0 atom stereocenters. The summed E-state index contributed by atoms with van der Waals surface area (Å²) in [5.41, 5.74) is 7.48. The van der Waals surface area contributed by atoms with Gasteiger partial charge in [-0.3, -0.25) is 0 Å². The molecule has 2 rings (SSSR count). The molecule has 0 saturated heterocycles. The summed E-state index contributed by atoms with van der Waals surface area (Å²) in [5, 5.41) is 1.07. The molecule has 0 radical (unpaired) electrons. The molecule has 0 saturated carbocycles. The number of nitrogens with zero attached hydrogens (tertiary/aromatic N) is 2. The second kappa shape index (κ2) is 5.69. The fourth-order valence-corrected chi connectivity index (χ4v) is 1.81. The van der Waals surface area contributed by atoms with Gasteiger partial charge in [-0.15, -0.1) is 0 Å². The van der Waals surface area contributed by atoms with Crippen LogP contribution in [0.25, 0.3) is 10.9 Å². The van der Waals surface area contributed by atoms with Gasteiger partial charge in [0.15, 0.2) is 0 Å². The van der Waals surface area contributed by atoms with Crippen LogP contribution in [0.15, 0.2) is 30.3 Å². The first-order valence-electron chi connectivity index (χ1n) is 6.16. The predicted octanol–water partition coefficient (Wildman–Crippen LogP) is 2.29. The highest BCUT2D eigenvalue weighted by Gasteiger charge is 2.03. The van der Waals surface area contributed by atoms with Gasteiger partial charge >= 0.3 is 0 Å². The molecule has 1 heterocycles. The van der Waals surface area contributed by atoms with Crippen LogP contribution in [0.1, 0.15) is 6.92 Å². The largest absolute Gasteiger partial charge is 0.399 e. The summed E-state index contributed by atoms with van der Waals surface area (Å²) in [6, 6.07) is 9.81. The third kappa shape index (κ3) is 2.90. The molecule has 1 aromatic carbocycles. The lowest BCUT2D eigenvalue weighted by Gasteiger charge is -2.18. The van der Waals surface area contributed by atoms with Crippen molar-refractivity contribution in [3.8, 4) is 0 Å². The summed E-state index contributed by atoms with van der Waals surface area (Å²) in [5.74, 6) is 0.951. The molecule has 2 N–H and O–H groups in total. The summed E-state index contributed by atoms with van der Waals surface area (Å²) in [6.45, 7) is 4.30. The van der Waals surface area contributed by atoms with E-state index in [2.05, 4.69) is 9.88 Å². The van der Waals surface area contributed by atoms with Crippen molar-refractivity contribution in [2.45, 2.75) is 6.92 Å². The van der Waals surface area contributed by atoms with E-state index in [-0.39, 0.29) is 0 Å². The second-order valence-corrected chi connectivity index (χ2v) is 4.24. The van der Waals surface area contributed by atoms with E-state index in [0.29, 0.717) is 6.61 Å². The topological polar surface area (TPSA) is 51.4 Å². The highest BCUT2D eigenvalue weighted by atomic mass is 16.5. The Kier molecular flexibility index (Phi) is 3.99. The fraction of sp³-hybridized carbons (Fsp3) is 0.357. The average Bonchev–Trinajstić information content (AvgIpc) is 2.38. The maximum absolute atomic E-state index is 5.75. The molecule has 0 bridgehead atoms. The first kappa shape index (κ1) is 12.6. The summed E-state index contributed by atoms with van der Waals surface area (Å²) in [4.78, 5) is 6.70. The van der Waals surface area contributed by atoms with Crippen LogP contribution >= 0.6 is 0 Å². The third-order valence-electron chi connectivity index (χ3n) is 2.86. The fourth-order valence-electron chi connectivity index (χ4n) is 1.81. The van der Waals surface area contributed by atoms with Gasteiger partial charge in [0.05, 0.1) is 12.1 Å². The van der Waals surface area contributed by atoms with Gasteiger partial charge in [-0.05, 0) is 37.3 Å². The van der Waals surface area contributed by atoms with E-state index in [1.165, 1.54) is 0 Å². The van der Waals surface area contributed by atoms with Crippen LogP contribution in [0, 0.1) is 0 Å². The van der Waals surface area contributed by atoms with E-state index in [0.717, 1.165) is 35.6 Å². The van der Waals surface area contributed by atoms with Gasteiger partial charge in [0.2, 0.25) is 0 Å². The molecule has 0 spiro atoms. The first-order valence-corrected chi connectivity index (χ1v) is 6.16. The van der Waals surface area contributed by atoms with Crippen LogP contribution in [0.3, 0.4) is 0 Å². The van der Waals surface area contributed by atoms with Crippen molar-refractivity contribution in [1.29, 1.82) is 0 Å². The number of anilines is 2. The van der Waals surface area contributed by atoms with Gasteiger partial charge in [0, 0.05) is 31.3 Å². The number of ether oxygens (including phenoxy) is 1. The van der Waals surface area contributed by atoms with Crippen molar-refractivity contribution >= 4 is 22.4 Å². The van der Waals surface area contributed by atoms with Crippen molar-refractivity contribution in [3.63, 3.8) is 0 Å². The maximum Gasteiger partial charge on any atom is 0.129 e. The normalized spacial score (nSPS) is 10.8. The molecule has 0 aliphatic heterocycles. The molecule has 2 aromatic rings. The van der Waals surface area contributed by atoms with Gasteiger partial charge in [0.1, 0.15) is 5.82 Å². The Hall–Kier alpha value is -1.81.